The van der Waals surface area contributed by atoms with Crippen molar-refractivity contribution >= 4 is 17.4 Å². The maximum absolute atomic E-state index is 13.3. The lowest BCUT2D eigenvalue weighted by Crippen LogP contribution is -2.32. The summed E-state index contributed by atoms with van der Waals surface area (Å²) in [5, 5.41) is 6.80. The molecule has 0 aromatic heterocycles. The minimum Gasteiger partial charge on any atom is -0.497 e. The van der Waals surface area contributed by atoms with Crippen LogP contribution in [0.5, 0.6) is 5.75 Å². The molecule has 1 aliphatic heterocycles. The zero-order valence-electron chi connectivity index (χ0n) is 16.2. The Morgan fingerprint density at radius 2 is 2.00 bits per heavy atom. The van der Waals surface area contributed by atoms with Crippen LogP contribution in [-0.2, 0) is 16.1 Å². The predicted octanol–water partition coefficient (Wildman–Crippen LogP) is 3.30. The lowest BCUT2D eigenvalue weighted by Gasteiger charge is -2.10. The second kappa shape index (κ2) is 9.82. The van der Waals surface area contributed by atoms with E-state index >= 15 is 0 Å². The van der Waals surface area contributed by atoms with Crippen LogP contribution >= 0.6 is 0 Å². The lowest BCUT2D eigenvalue weighted by molar-refractivity contribution is -0.121. The van der Waals surface area contributed by atoms with Crippen molar-refractivity contribution in [3.63, 3.8) is 0 Å². The smallest absolute Gasteiger partial charge is 0.220 e. The van der Waals surface area contributed by atoms with Crippen LogP contribution in [0.4, 0.5) is 4.39 Å². The standard InChI is InChI=1S/C22H23FN2O4/c1-28-19-7-5-16(6-8-19)21(26)9-10-22(27)24-14-20-13-18(25-29-20)12-15-3-2-4-17(23)11-15/h2-8,11,20H,9-10,12-14H2,1H3,(H,24,27). The molecular weight excluding hydrogens is 375 g/mol. The Balaban J connectivity index is 1.36. The molecule has 0 bridgehead atoms. The zero-order chi connectivity index (χ0) is 20.6. The highest BCUT2D eigenvalue weighted by Crippen LogP contribution is 2.15. The Kier molecular flexibility index (Phi) is 6.94. The van der Waals surface area contributed by atoms with Crippen LogP contribution in [0.15, 0.2) is 53.7 Å². The molecule has 1 heterocycles. The van der Waals surface area contributed by atoms with Crippen LogP contribution in [0.1, 0.15) is 35.2 Å². The number of halogens is 1. The molecule has 1 N–H and O–H groups in total. The first-order valence-electron chi connectivity index (χ1n) is 9.43. The van der Waals surface area contributed by atoms with Gasteiger partial charge in [0.1, 0.15) is 17.7 Å². The van der Waals surface area contributed by atoms with Gasteiger partial charge in [0.15, 0.2) is 5.78 Å². The summed E-state index contributed by atoms with van der Waals surface area (Å²) in [5.41, 5.74) is 2.19. The van der Waals surface area contributed by atoms with Gasteiger partial charge in [-0.25, -0.2) is 4.39 Å². The van der Waals surface area contributed by atoms with Crippen molar-refractivity contribution in [2.75, 3.05) is 13.7 Å². The van der Waals surface area contributed by atoms with E-state index in [0.29, 0.717) is 30.7 Å². The van der Waals surface area contributed by atoms with Crippen molar-refractivity contribution < 1.29 is 23.6 Å². The second-order valence-corrected chi connectivity index (χ2v) is 6.85. The van der Waals surface area contributed by atoms with Crippen molar-refractivity contribution in [2.45, 2.75) is 31.8 Å². The molecule has 0 radical (unpaired) electrons. The highest BCUT2D eigenvalue weighted by molar-refractivity contribution is 5.98. The van der Waals surface area contributed by atoms with Crippen molar-refractivity contribution in [1.82, 2.24) is 5.32 Å². The Morgan fingerprint density at radius 1 is 1.21 bits per heavy atom. The van der Waals surface area contributed by atoms with Gasteiger partial charge >= 0.3 is 0 Å². The van der Waals surface area contributed by atoms with Crippen molar-refractivity contribution in [3.05, 3.63) is 65.5 Å². The van der Waals surface area contributed by atoms with E-state index in [-0.39, 0.29) is 36.5 Å². The zero-order valence-corrected chi connectivity index (χ0v) is 16.2. The number of carbonyl (C=O) groups excluding carboxylic acids is 2. The average Bonchev–Trinajstić information content (AvgIpc) is 3.18. The van der Waals surface area contributed by atoms with Gasteiger partial charge in [0.25, 0.3) is 0 Å². The number of benzene rings is 2. The number of carbonyl (C=O) groups is 2. The number of ether oxygens (including phenoxy) is 1. The van der Waals surface area contributed by atoms with Gasteiger partial charge in [0.2, 0.25) is 5.91 Å². The van der Waals surface area contributed by atoms with Crippen LogP contribution in [0.2, 0.25) is 0 Å². The van der Waals surface area contributed by atoms with Gasteiger partial charge in [-0.2, -0.15) is 0 Å². The first-order valence-corrected chi connectivity index (χ1v) is 9.43. The summed E-state index contributed by atoms with van der Waals surface area (Å²) in [6, 6.07) is 13.2. The van der Waals surface area contributed by atoms with Crippen molar-refractivity contribution in [2.24, 2.45) is 5.16 Å². The van der Waals surface area contributed by atoms with E-state index in [9.17, 15) is 14.0 Å². The van der Waals surface area contributed by atoms with E-state index in [1.165, 1.54) is 12.1 Å². The van der Waals surface area contributed by atoms with Gasteiger partial charge in [0, 0.05) is 31.2 Å². The first-order chi connectivity index (χ1) is 14.0. The van der Waals surface area contributed by atoms with Gasteiger partial charge in [-0.15, -0.1) is 0 Å². The number of nitrogens with one attached hydrogen (secondary N) is 1. The molecule has 1 aliphatic rings. The lowest BCUT2D eigenvalue weighted by atomic mass is 10.0. The van der Waals surface area contributed by atoms with Gasteiger partial charge in [-0.05, 0) is 42.0 Å². The SMILES string of the molecule is COc1ccc(C(=O)CCC(=O)NCC2CC(Cc3cccc(F)c3)=NO2)cc1. The molecule has 6 nitrogen and oxygen atoms in total. The van der Waals surface area contributed by atoms with Crippen LogP contribution in [0.3, 0.4) is 0 Å². The quantitative estimate of drug-likeness (QED) is 0.658. The molecule has 0 spiro atoms. The Bertz CT molecular complexity index is 896. The highest BCUT2D eigenvalue weighted by Gasteiger charge is 2.22. The third-order valence-corrected chi connectivity index (χ3v) is 4.61. The Hall–Kier alpha value is -3.22. The van der Waals surface area contributed by atoms with E-state index in [1.54, 1.807) is 37.4 Å². The van der Waals surface area contributed by atoms with Gasteiger partial charge in [0.05, 0.1) is 19.4 Å². The third kappa shape index (κ3) is 6.14. The number of Topliss-reactive ketones (excluding diaryl/α,β-unsaturated/α-hetero) is 1. The molecule has 0 aliphatic carbocycles. The molecule has 29 heavy (non-hydrogen) atoms. The number of oxime groups is 1. The molecule has 7 heteroatoms. The molecule has 0 saturated carbocycles. The molecule has 0 fully saturated rings. The van der Waals surface area contributed by atoms with Crippen LogP contribution in [0, 0.1) is 5.82 Å². The van der Waals surface area contributed by atoms with Gasteiger partial charge < -0.3 is 14.9 Å². The number of methoxy groups -OCH3 is 1. The molecule has 3 rings (SSSR count). The second-order valence-electron chi connectivity index (χ2n) is 6.85. The normalized spacial score (nSPS) is 15.4. The van der Waals surface area contributed by atoms with Crippen LogP contribution < -0.4 is 10.1 Å². The highest BCUT2D eigenvalue weighted by atomic mass is 19.1. The van der Waals surface area contributed by atoms with E-state index < -0.39 is 0 Å². The minimum atomic E-state index is -0.282. The number of ketones is 1. The fourth-order valence-corrected chi connectivity index (χ4v) is 3.05. The first kappa shape index (κ1) is 20.5. The molecular formula is C22H23FN2O4. The monoisotopic (exact) mass is 398 g/mol. The molecule has 152 valence electrons. The number of amides is 1. The summed E-state index contributed by atoms with van der Waals surface area (Å²) >= 11 is 0. The maximum Gasteiger partial charge on any atom is 0.220 e. The van der Waals surface area contributed by atoms with Crippen LogP contribution in [-0.4, -0.2) is 37.2 Å². The number of nitrogens with zero attached hydrogens (tertiary/aromatic N) is 1. The summed E-state index contributed by atoms with van der Waals surface area (Å²) in [5.74, 6) is 0.0829. The topological polar surface area (TPSA) is 77.0 Å². The average molecular weight is 398 g/mol. The fraction of sp³-hybridized carbons (Fsp3) is 0.318. The predicted molar refractivity (Wildman–Crippen MR) is 107 cm³/mol. The van der Waals surface area contributed by atoms with Crippen molar-refractivity contribution in [3.8, 4) is 5.75 Å². The number of rotatable bonds is 9. The maximum atomic E-state index is 13.3. The summed E-state index contributed by atoms with van der Waals surface area (Å²) in [7, 11) is 1.56. The van der Waals surface area contributed by atoms with Crippen molar-refractivity contribution in [1.29, 1.82) is 0 Å². The molecule has 0 saturated heterocycles. The molecule has 1 atom stereocenters. The molecule has 2 aromatic carbocycles. The van der Waals surface area contributed by atoms with Gasteiger partial charge in [-0.3, -0.25) is 9.59 Å². The molecule has 2 aromatic rings. The van der Waals surface area contributed by atoms with E-state index in [1.807, 2.05) is 6.07 Å². The van der Waals surface area contributed by atoms with Crippen LogP contribution in [0.25, 0.3) is 0 Å². The van der Waals surface area contributed by atoms with E-state index in [0.717, 1.165) is 11.3 Å². The van der Waals surface area contributed by atoms with E-state index in [2.05, 4.69) is 10.5 Å². The molecule has 1 amide bonds. The Morgan fingerprint density at radius 3 is 2.72 bits per heavy atom. The Labute approximate surface area is 168 Å². The third-order valence-electron chi connectivity index (χ3n) is 4.61. The van der Waals surface area contributed by atoms with E-state index in [4.69, 9.17) is 9.57 Å². The number of hydrogen-bond donors (Lipinski definition) is 1. The number of hydrogen-bond acceptors (Lipinski definition) is 5. The minimum absolute atomic E-state index is 0.0966. The summed E-state index contributed by atoms with van der Waals surface area (Å²) in [6.07, 6.45) is 1.07. The summed E-state index contributed by atoms with van der Waals surface area (Å²) in [6.45, 7) is 0.311. The fourth-order valence-electron chi connectivity index (χ4n) is 3.05. The largest absolute Gasteiger partial charge is 0.497 e. The summed E-state index contributed by atoms with van der Waals surface area (Å²) < 4.78 is 18.3. The molecule has 1 unspecified atom stereocenters. The summed E-state index contributed by atoms with van der Waals surface area (Å²) in [4.78, 5) is 29.5. The van der Waals surface area contributed by atoms with Gasteiger partial charge in [-0.1, -0.05) is 17.3 Å².